The molecule has 0 aliphatic rings. The highest BCUT2D eigenvalue weighted by Crippen LogP contribution is 2.12. The van der Waals surface area contributed by atoms with Gasteiger partial charge in [0.1, 0.15) is 12.1 Å². The number of rotatable bonds is 8. The predicted octanol–water partition coefficient (Wildman–Crippen LogP) is 2.10. The van der Waals surface area contributed by atoms with Crippen molar-refractivity contribution in [2.45, 2.75) is 33.2 Å². The molecule has 1 unspecified atom stereocenters. The number of hydrogen-bond donors (Lipinski definition) is 1. The van der Waals surface area contributed by atoms with Crippen molar-refractivity contribution in [2.24, 2.45) is 0 Å². The van der Waals surface area contributed by atoms with Crippen molar-refractivity contribution < 1.29 is 9.47 Å². The number of nitrogens with one attached hydrogen (secondary N) is 1. The lowest BCUT2D eigenvalue weighted by atomic mass is 10.3. The Kier molecular flexibility index (Phi) is 6.32. The highest BCUT2D eigenvalue weighted by atomic mass is 16.5. The molecule has 1 N–H and O–H groups in total. The van der Waals surface area contributed by atoms with E-state index in [-0.39, 0.29) is 6.04 Å². The van der Waals surface area contributed by atoms with Gasteiger partial charge in [-0.05, 0) is 20.3 Å². The Balaban J connectivity index is 2.47. The van der Waals surface area contributed by atoms with E-state index >= 15 is 0 Å². The van der Waals surface area contributed by atoms with E-state index in [0.717, 1.165) is 18.8 Å². The fourth-order valence-corrected chi connectivity index (χ4v) is 1.29. The molecule has 17 heavy (non-hydrogen) atoms. The van der Waals surface area contributed by atoms with Crippen LogP contribution in [0.2, 0.25) is 0 Å². The fraction of sp³-hybridized carbons (Fsp3) is 0.667. The average Bonchev–Trinajstić information content (AvgIpc) is 2.34. The molecule has 0 saturated carbocycles. The molecule has 0 aliphatic heterocycles. The van der Waals surface area contributed by atoms with Crippen molar-refractivity contribution in [1.82, 2.24) is 9.97 Å². The van der Waals surface area contributed by atoms with Crippen LogP contribution in [0.3, 0.4) is 0 Å². The molecule has 1 aromatic heterocycles. The Morgan fingerprint density at radius 2 is 2.18 bits per heavy atom. The van der Waals surface area contributed by atoms with E-state index in [9.17, 15) is 0 Å². The molecule has 96 valence electrons. The fourth-order valence-electron chi connectivity index (χ4n) is 1.29. The van der Waals surface area contributed by atoms with Gasteiger partial charge in [0.25, 0.3) is 0 Å². The number of hydrogen-bond acceptors (Lipinski definition) is 5. The minimum absolute atomic E-state index is 0.212. The van der Waals surface area contributed by atoms with Gasteiger partial charge in [-0.1, -0.05) is 6.92 Å². The van der Waals surface area contributed by atoms with Crippen molar-refractivity contribution in [2.75, 3.05) is 25.1 Å². The molecule has 1 heterocycles. The van der Waals surface area contributed by atoms with E-state index in [4.69, 9.17) is 9.47 Å². The lowest BCUT2D eigenvalue weighted by molar-refractivity contribution is 0.141. The highest BCUT2D eigenvalue weighted by Gasteiger charge is 2.04. The first-order valence-electron chi connectivity index (χ1n) is 6.05. The van der Waals surface area contributed by atoms with Crippen molar-refractivity contribution in [1.29, 1.82) is 0 Å². The van der Waals surface area contributed by atoms with Gasteiger partial charge in [-0.2, -0.15) is 0 Å². The molecule has 0 radical (unpaired) electrons. The third-order valence-corrected chi connectivity index (χ3v) is 2.06. The summed E-state index contributed by atoms with van der Waals surface area (Å²) >= 11 is 0. The number of aromatic nitrogens is 2. The van der Waals surface area contributed by atoms with Gasteiger partial charge in [0.05, 0.1) is 13.2 Å². The molecule has 0 fully saturated rings. The van der Waals surface area contributed by atoms with E-state index < -0.39 is 0 Å². The Bertz CT molecular complexity index is 320. The summed E-state index contributed by atoms with van der Waals surface area (Å²) in [5.41, 5.74) is 0. The molecular weight excluding hydrogens is 218 g/mol. The predicted molar refractivity (Wildman–Crippen MR) is 67.4 cm³/mol. The monoisotopic (exact) mass is 239 g/mol. The van der Waals surface area contributed by atoms with Crippen molar-refractivity contribution in [3.63, 3.8) is 0 Å². The third-order valence-electron chi connectivity index (χ3n) is 2.06. The summed E-state index contributed by atoms with van der Waals surface area (Å²) in [6.45, 7) is 8.14. The molecule has 0 aromatic carbocycles. The second-order valence-corrected chi connectivity index (χ2v) is 3.79. The topological polar surface area (TPSA) is 56.3 Å². The Hall–Kier alpha value is -1.36. The van der Waals surface area contributed by atoms with Crippen molar-refractivity contribution >= 4 is 5.82 Å². The first-order valence-corrected chi connectivity index (χ1v) is 6.05. The van der Waals surface area contributed by atoms with E-state index in [0.29, 0.717) is 19.1 Å². The molecule has 5 heteroatoms. The number of anilines is 1. The Morgan fingerprint density at radius 3 is 2.88 bits per heavy atom. The van der Waals surface area contributed by atoms with Crippen LogP contribution in [-0.2, 0) is 4.74 Å². The van der Waals surface area contributed by atoms with Crippen LogP contribution in [0, 0.1) is 0 Å². The SMILES string of the molecule is CCCOc1cc(NC(C)COCC)ncn1. The van der Waals surface area contributed by atoms with Crippen LogP contribution in [0.1, 0.15) is 27.2 Å². The van der Waals surface area contributed by atoms with E-state index in [1.807, 2.05) is 13.8 Å². The standard InChI is InChI=1S/C12H21N3O2/c1-4-6-17-12-7-11(13-9-14-12)15-10(3)8-16-5-2/h7,9-10H,4-6,8H2,1-3H3,(H,13,14,15). The third kappa shape index (κ3) is 5.49. The summed E-state index contributed by atoms with van der Waals surface area (Å²) in [5, 5.41) is 3.24. The van der Waals surface area contributed by atoms with Gasteiger partial charge in [0.15, 0.2) is 0 Å². The zero-order valence-electron chi connectivity index (χ0n) is 10.8. The van der Waals surface area contributed by atoms with Crippen molar-refractivity contribution in [3.05, 3.63) is 12.4 Å². The summed E-state index contributed by atoms with van der Waals surface area (Å²) in [4.78, 5) is 8.18. The van der Waals surface area contributed by atoms with Crippen molar-refractivity contribution in [3.8, 4) is 5.88 Å². The molecule has 5 nitrogen and oxygen atoms in total. The lowest BCUT2D eigenvalue weighted by Gasteiger charge is -2.14. The molecular formula is C12H21N3O2. The van der Waals surface area contributed by atoms with E-state index in [2.05, 4.69) is 22.2 Å². The van der Waals surface area contributed by atoms with Gasteiger partial charge in [-0.15, -0.1) is 0 Å². The molecule has 1 aromatic rings. The molecule has 0 bridgehead atoms. The van der Waals surface area contributed by atoms with Gasteiger partial charge < -0.3 is 14.8 Å². The normalized spacial score (nSPS) is 12.2. The highest BCUT2D eigenvalue weighted by molar-refractivity contribution is 5.37. The van der Waals surface area contributed by atoms with Crippen LogP contribution in [0.5, 0.6) is 5.88 Å². The molecule has 0 saturated heterocycles. The second-order valence-electron chi connectivity index (χ2n) is 3.79. The molecule has 0 amide bonds. The average molecular weight is 239 g/mol. The van der Waals surface area contributed by atoms with Gasteiger partial charge in [-0.3, -0.25) is 0 Å². The van der Waals surface area contributed by atoms with Crippen LogP contribution < -0.4 is 10.1 Å². The first kappa shape index (κ1) is 13.7. The maximum atomic E-state index is 5.44. The zero-order chi connectivity index (χ0) is 12.5. The molecule has 0 aliphatic carbocycles. The summed E-state index contributed by atoms with van der Waals surface area (Å²) in [5.74, 6) is 1.37. The molecule has 1 atom stereocenters. The summed E-state index contributed by atoms with van der Waals surface area (Å²) < 4.78 is 10.8. The van der Waals surface area contributed by atoms with Gasteiger partial charge >= 0.3 is 0 Å². The minimum Gasteiger partial charge on any atom is -0.478 e. The van der Waals surface area contributed by atoms with Gasteiger partial charge in [0.2, 0.25) is 5.88 Å². The summed E-state index contributed by atoms with van der Waals surface area (Å²) in [6.07, 6.45) is 2.47. The number of nitrogens with zero attached hydrogens (tertiary/aromatic N) is 2. The smallest absolute Gasteiger partial charge is 0.218 e. The number of ether oxygens (including phenoxy) is 2. The first-order chi connectivity index (χ1) is 8.26. The quantitative estimate of drug-likeness (QED) is 0.753. The van der Waals surface area contributed by atoms with Crippen LogP contribution in [-0.4, -0.2) is 35.8 Å². The zero-order valence-corrected chi connectivity index (χ0v) is 10.8. The second kappa shape index (κ2) is 7.84. The van der Waals surface area contributed by atoms with E-state index in [1.165, 1.54) is 6.33 Å². The Morgan fingerprint density at radius 1 is 1.35 bits per heavy atom. The summed E-state index contributed by atoms with van der Waals surface area (Å²) in [7, 11) is 0. The Labute approximate surface area is 103 Å². The lowest BCUT2D eigenvalue weighted by Crippen LogP contribution is -2.22. The molecule has 0 spiro atoms. The van der Waals surface area contributed by atoms with Crippen LogP contribution in [0.25, 0.3) is 0 Å². The molecule has 1 rings (SSSR count). The van der Waals surface area contributed by atoms with Gasteiger partial charge in [0, 0.05) is 18.7 Å². The minimum atomic E-state index is 0.212. The van der Waals surface area contributed by atoms with Crippen LogP contribution in [0.4, 0.5) is 5.82 Å². The maximum absolute atomic E-state index is 5.44. The van der Waals surface area contributed by atoms with Crippen LogP contribution in [0.15, 0.2) is 12.4 Å². The van der Waals surface area contributed by atoms with Crippen LogP contribution >= 0.6 is 0 Å². The summed E-state index contributed by atoms with van der Waals surface area (Å²) in [6, 6.07) is 2.02. The van der Waals surface area contributed by atoms with E-state index in [1.54, 1.807) is 6.07 Å². The maximum Gasteiger partial charge on any atom is 0.218 e. The van der Waals surface area contributed by atoms with Gasteiger partial charge in [-0.25, -0.2) is 9.97 Å². The largest absolute Gasteiger partial charge is 0.478 e.